The predicted octanol–water partition coefficient (Wildman–Crippen LogP) is 3.17. The summed E-state index contributed by atoms with van der Waals surface area (Å²) in [5.41, 5.74) is -1.04. The molecule has 1 fully saturated rings. The first-order chi connectivity index (χ1) is 13.8. The maximum Gasteiger partial charge on any atom is 0.417 e. The van der Waals surface area contributed by atoms with Crippen LogP contribution < -0.4 is 10.5 Å². The third-order valence-corrected chi connectivity index (χ3v) is 5.22. The summed E-state index contributed by atoms with van der Waals surface area (Å²) in [6.07, 6.45) is 4.77. The predicted molar refractivity (Wildman–Crippen MR) is 100 cm³/mol. The minimum absolute atomic E-state index is 0.0344. The maximum atomic E-state index is 12.7. The molecule has 0 bridgehead atoms. The molecule has 0 spiro atoms. The Kier molecular flexibility index (Phi) is 5.03. The summed E-state index contributed by atoms with van der Waals surface area (Å²) in [5.74, 6) is -0.0344. The number of rotatable bonds is 4. The van der Waals surface area contributed by atoms with Crippen molar-refractivity contribution in [3.05, 3.63) is 64.2 Å². The molecule has 4 heterocycles. The molecule has 0 N–H and O–H groups in total. The van der Waals surface area contributed by atoms with Gasteiger partial charge in [-0.2, -0.15) is 23.0 Å². The zero-order valence-electron chi connectivity index (χ0n) is 15.1. The van der Waals surface area contributed by atoms with Gasteiger partial charge in [-0.05, 0) is 25.0 Å². The van der Waals surface area contributed by atoms with Gasteiger partial charge < -0.3 is 9.47 Å². The fourth-order valence-corrected chi connectivity index (χ4v) is 3.68. The van der Waals surface area contributed by atoms with Crippen LogP contribution >= 0.6 is 11.6 Å². The normalized spacial score (nSPS) is 17.1. The Balaban J connectivity index is 1.63. The highest BCUT2D eigenvalue weighted by Crippen LogP contribution is 2.31. The van der Waals surface area contributed by atoms with E-state index in [2.05, 4.69) is 15.1 Å². The quantitative estimate of drug-likeness (QED) is 0.643. The molecule has 1 aliphatic heterocycles. The topological polar surface area (TPSA) is 68.8 Å². The summed E-state index contributed by atoms with van der Waals surface area (Å²) in [6.45, 7) is 1.42. The molecule has 3 aromatic rings. The van der Waals surface area contributed by atoms with E-state index in [1.807, 2.05) is 15.7 Å². The van der Waals surface area contributed by atoms with Gasteiger partial charge in [-0.25, -0.2) is 9.97 Å². The molecule has 0 amide bonds. The third-order valence-electron chi connectivity index (χ3n) is 4.86. The van der Waals surface area contributed by atoms with Crippen LogP contribution in [0.1, 0.15) is 18.4 Å². The van der Waals surface area contributed by atoms with E-state index < -0.39 is 17.3 Å². The monoisotopic (exact) mass is 424 g/mol. The smallest absolute Gasteiger partial charge is 0.364 e. The minimum atomic E-state index is -4.51. The summed E-state index contributed by atoms with van der Waals surface area (Å²) in [4.78, 5) is 22.5. The molecule has 1 aliphatic rings. The summed E-state index contributed by atoms with van der Waals surface area (Å²) in [5, 5.41) is 4.05. The summed E-state index contributed by atoms with van der Waals surface area (Å²) in [7, 11) is 0. The Morgan fingerprint density at radius 1 is 1.24 bits per heavy atom. The SMILES string of the molecule is O=c1c(Cl)c(N2CCCC2Cn2ccnc2)cnn1-c1ccc(C(F)(F)F)cn1. The molecule has 0 aliphatic carbocycles. The molecule has 0 radical (unpaired) electrons. The van der Waals surface area contributed by atoms with E-state index >= 15 is 0 Å². The van der Waals surface area contributed by atoms with Gasteiger partial charge in [0, 0.05) is 37.7 Å². The molecule has 1 saturated heterocycles. The van der Waals surface area contributed by atoms with Crippen LogP contribution in [0, 0.1) is 0 Å². The lowest BCUT2D eigenvalue weighted by Crippen LogP contribution is -2.35. The molecule has 29 heavy (non-hydrogen) atoms. The van der Waals surface area contributed by atoms with Crippen molar-refractivity contribution in [1.82, 2.24) is 24.3 Å². The summed E-state index contributed by atoms with van der Waals surface area (Å²) >= 11 is 6.34. The Labute approximate surface area is 168 Å². The second kappa shape index (κ2) is 7.51. The number of pyridine rings is 1. The van der Waals surface area contributed by atoms with Gasteiger partial charge >= 0.3 is 6.18 Å². The first-order valence-electron chi connectivity index (χ1n) is 8.88. The van der Waals surface area contributed by atoms with Crippen LogP contribution in [0.3, 0.4) is 0 Å². The van der Waals surface area contributed by atoms with E-state index in [1.54, 1.807) is 12.5 Å². The molecular formula is C18H16ClF3N6O. The second-order valence-electron chi connectivity index (χ2n) is 6.71. The number of nitrogens with zero attached hydrogens (tertiary/aromatic N) is 6. The van der Waals surface area contributed by atoms with Crippen molar-refractivity contribution < 1.29 is 13.2 Å². The van der Waals surface area contributed by atoms with Gasteiger partial charge in [0.25, 0.3) is 5.56 Å². The van der Waals surface area contributed by atoms with E-state index in [-0.39, 0.29) is 16.9 Å². The number of aromatic nitrogens is 5. The van der Waals surface area contributed by atoms with Crippen LogP contribution in [0.15, 0.2) is 48.0 Å². The number of anilines is 1. The first-order valence-corrected chi connectivity index (χ1v) is 9.26. The van der Waals surface area contributed by atoms with Crippen molar-refractivity contribution in [3.8, 4) is 5.82 Å². The van der Waals surface area contributed by atoms with Crippen LogP contribution in [0.25, 0.3) is 5.82 Å². The first kappa shape index (κ1) is 19.4. The van der Waals surface area contributed by atoms with Gasteiger partial charge in [0.05, 0.1) is 23.8 Å². The molecular weight excluding hydrogens is 409 g/mol. The largest absolute Gasteiger partial charge is 0.417 e. The zero-order valence-corrected chi connectivity index (χ0v) is 15.8. The molecule has 152 valence electrons. The summed E-state index contributed by atoms with van der Waals surface area (Å²) in [6, 6.07) is 2.06. The zero-order chi connectivity index (χ0) is 20.6. The van der Waals surface area contributed by atoms with Crippen molar-refractivity contribution in [2.75, 3.05) is 11.4 Å². The average molecular weight is 425 g/mol. The van der Waals surface area contributed by atoms with Gasteiger partial charge in [0.1, 0.15) is 5.02 Å². The van der Waals surface area contributed by atoms with Crippen molar-refractivity contribution in [1.29, 1.82) is 0 Å². The van der Waals surface area contributed by atoms with Gasteiger partial charge in [-0.15, -0.1) is 0 Å². The van der Waals surface area contributed by atoms with Crippen LogP contribution in [0.2, 0.25) is 5.02 Å². The van der Waals surface area contributed by atoms with E-state index in [4.69, 9.17) is 11.6 Å². The van der Waals surface area contributed by atoms with Gasteiger partial charge in [0.2, 0.25) is 0 Å². The third kappa shape index (κ3) is 3.84. The van der Waals surface area contributed by atoms with Crippen LogP contribution in [0.5, 0.6) is 0 Å². The lowest BCUT2D eigenvalue weighted by molar-refractivity contribution is -0.137. The molecule has 3 aromatic heterocycles. The number of alkyl halides is 3. The number of hydrogen-bond acceptors (Lipinski definition) is 5. The van der Waals surface area contributed by atoms with E-state index in [0.717, 1.165) is 36.2 Å². The molecule has 1 atom stereocenters. The fraction of sp³-hybridized carbons (Fsp3) is 0.333. The summed E-state index contributed by atoms with van der Waals surface area (Å²) < 4.78 is 41.0. The standard InChI is InChI=1S/C18H16ClF3N6O/c19-16-14(27-6-1-2-13(27)10-26-7-5-23-11-26)9-25-28(17(16)29)15-4-3-12(8-24-15)18(20,21)22/h3-5,7-9,11,13H,1-2,6,10H2. The van der Waals surface area contributed by atoms with Crippen molar-refractivity contribution in [2.24, 2.45) is 0 Å². The number of imidazole rings is 1. The lowest BCUT2D eigenvalue weighted by Gasteiger charge is -2.27. The van der Waals surface area contributed by atoms with Gasteiger partial charge in [0.15, 0.2) is 5.82 Å². The fourth-order valence-electron chi connectivity index (χ4n) is 3.45. The van der Waals surface area contributed by atoms with Gasteiger partial charge in [-0.1, -0.05) is 11.6 Å². The highest BCUT2D eigenvalue weighted by molar-refractivity contribution is 6.33. The van der Waals surface area contributed by atoms with E-state index in [0.29, 0.717) is 18.4 Å². The maximum absolute atomic E-state index is 12.7. The van der Waals surface area contributed by atoms with E-state index in [9.17, 15) is 18.0 Å². The molecule has 0 aromatic carbocycles. The van der Waals surface area contributed by atoms with Crippen molar-refractivity contribution in [3.63, 3.8) is 0 Å². The van der Waals surface area contributed by atoms with Crippen molar-refractivity contribution in [2.45, 2.75) is 31.6 Å². The van der Waals surface area contributed by atoms with Gasteiger partial charge in [-0.3, -0.25) is 4.79 Å². The Morgan fingerprint density at radius 2 is 2.07 bits per heavy atom. The number of hydrogen-bond donors (Lipinski definition) is 0. The second-order valence-corrected chi connectivity index (χ2v) is 7.09. The van der Waals surface area contributed by atoms with Crippen LogP contribution in [0.4, 0.5) is 18.9 Å². The Morgan fingerprint density at radius 3 is 2.72 bits per heavy atom. The minimum Gasteiger partial charge on any atom is -0.364 e. The lowest BCUT2D eigenvalue weighted by atomic mass is 10.2. The molecule has 1 unspecified atom stereocenters. The Hall–Kier alpha value is -2.88. The highest BCUT2D eigenvalue weighted by atomic mass is 35.5. The van der Waals surface area contributed by atoms with Crippen LogP contribution in [-0.2, 0) is 12.7 Å². The molecule has 7 nitrogen and oxygen atoms in total. The van der Waals surface area contributed by atoms with Crippen LogP contribution in [-0.4, -0.2) is 36.9 Å². The molecule has 4 rings (SSSR count). The molecule has 0 saturated carbocycles. The highest BCUT2D eigenvalue weighted by Gasteiger charge is 2.31. The Bertz CT molecular complexity index is 1050. The van der Waals surface area contributed by atoms with E-state index in [1.165, 1.54) is 6.20 Å². The average Bonchev–Trinajstić information content (AvgIpc) is 3.36. The molecule has 11 heteroatoms. The van der Waals surface area contributed by atoms with Crippen molar-refractivity contribution >= 4 is 17.3 Å². The number of halogens is 4.